The minimum Gasteiger partial charge on any atom is -0.489 e. The molecule has 0 fully saturated rings. The lowest BCUT2D eigenvalue weighted by molar-refractivity contribution is -0.121. The second-order valence-corrected chi connectivity index (χ2v) is 6.56. The molecule has 5 heteroatoms. The Morgan fingerprint density at radius 3 is 2.46 bits per heavy atom. The van der Waals surface area contributed by atoms with Gasteiger partial charge in [0.05, 0.1) is 17.4 Å². The minimum atomic E-state index is -0.0486. The molecule has 0 saturated heterocycles. The van der Waals surface area contributed by atoms with E-state index in [4.69, 9.17) is 4.74 Å². The quantitative estimate of drug-likeness (QED) is 0.535. The molecule has 0 aliphatic heterocycles. The van der Waals surface area contributed by atoms with Gasteiger partial charge < -0.3 is 14.6 Å². The van der Waals surface area contributed by atoms with Gasteiger partial charge in [0.1, 0.15) is 18.9 Å². The van der Waals surface area contributed by atoms with Crippen molar-refractivity contribution in [3.8, 4) is 5.75 Å². The molecule has 0 bridgehead atoms. The van der Waals surface area contributed by atoms with E-state index >= 15 is 0 Å². The second-order valence-electron chi connectivity index (χ2n) is 6.56. The number of benzene rings is 3. The number of carbonyl (C=O) groups is 1. The van der Waals surface area contributed by atoms with E-state index in [9.17, 15) is 4.79 Å². The molecule has 140 valence electrons. The van der Waals surface area contributed by atoms with Crippen LogP contribution in [0.1, 0.15) is 11.1 Å². The first kappa shape index (κ1) is 17.8. The molecule has 1 aromatic heterocycles. The van der Waals surface area contributed by atoms with Gasteiger partial charge >= 0.3 is 0 Å². The number of hydrogen-bond acceptors (Lipinski definition) is 3. The number of nitrogens with one attached hydrogen (secondary N) is 1. The first-order valence-electron chi connectivity index (χ1n) is 9.20. The van der Waals surface area contributed by atoms with E-state index in [1.54, 1.807) is 6.33 Å². The van der Waals surface area contributed by atoms with Crippen LogP contribution >= 0.6 is 0 Å². The number of carbonyl (C=O) groups excluding carboxylic acids is 1. The van der Waals surface area contributed by atoms with E-state index in [1.165, 1.54) is 0 Å². The standard InChI is InChI=1S/C23H21N3O2/c27-23(15-26-17-25-21-8-4-5-9-22(21)26)24-14-18-10-12-20(13-11-18)28-16-19-6-2-1-3-7-19/h1-13,17H,14-16H2,(H,24,27). The lowest BCUT2D eigenvalue weighted by atomic mass is 10.2. The summed E-state index contributed by atoms with van der Waals surface area (Å²) < 4.78 is 7.64. The third-order valence-electron chi connectivity index (χ3n) is 4.50. The molecule has 0 saturated carbocycles. The Labute approximate surface area is 163 Å². The third kappa shape index (κ3) is 4.38. The summed E-state index contributed by atoms with van der Waals surface area (Å²) >= 11 is 0. The summed E-state index contributed by atoms with van der Waals surface area (Å²) in [5.74, 6) is 0.761. The lowest BCUT2D eigenvalue weighted by Crippen LogP contribution is -2.26. The first-order valence-corrected chi connectivity index (χ1v) is 9.20. The highest BCUT2D eigenvalue weighted by Crippen LogP contribution is 2.15. The molecular formula is C23H21N3O2. The molecule has 4 aromatic rings. The first-order chi connectivity index (χ1) is 13.8. The van der Waals surface area contributed by atoms with Crippen molar-refractivity contribution in [1.82, 2.24) is 14.9 Å². The summed E-state index contributed by atoms with van der Waals surface area (Å²) in [6.45, 7) is 1.26. The van der Waals surface area contributed by atoms with E-state index in [0.717, 1.165) is 27.9 Å². The number of aromatic nitrogens is 2. The van der Waals surface area contributed by atoms with Gasteiger partial charge in [-0.05, 0) is 35.4 Å². The maximum atomic E-state index is 12.3. The molecule has 0 unspecified atom stereocenters. The molecule has 4 rings (SSSR count). The number of amides is 1. The Balaban J connectivity index is 1.28. The van der Waals surface area contributed by atoms with Gasteiger partial charge in [-0.25, -0.2) is 4.98 Å². The van der Waals surface area contributed by atoms with Gasteiger partial charge in [0, 0.05) is 6.54 Å². The van der Waals surface area contributed by atoms with Crippen molar-refractivity contribution in [3.05, 3.63) is 96.3 Å². The molecule has 0 aliphatic carbocycles. The zero-order valence-corrected chi connectivity index (χ0v) is 15.4. The zero-order valence-electron chi connectivity index (χ0n) is 15.4. The third-order valence-corrected chi connectivity index (χ3v) is 4.50. The number of ether oxygens (including phenoxy) is 1. The van der Waals surface area contributed by atoms with Crippen LogP contribution in [0, 0.1) is 0 Å². The Bertz CT molecular complexity index is 1060. The Kier molecular flexibility index (Phi) is 5.33. The van der Waals surface area contributed by atoms with Gasteiger partial charge in [-0.3, -0.25) is 4.79 Å². The van der Waals surface area contributed by atoms with E-state index in [-0.39, 0.29) is 12.5 Å². The van der Waals surface area contributed by atoms with Crippen LogP contribution in [0.15, 0.2) is 85.2 Å². The maximum absolute atomic E-state index is 12.3. The summed E-state index contributed by atoms with van der Waals surface area (Å²) in [6.07, 6.45) is 1.70. The molecule has 0 aliphatic rings. The van der Waals surface area contributed by atoms with Crippen LogP contribution in [0.4, 0.5) is 0 Å². The summed E-state index contributed by atoms with van der Waals surface area (Å²) in [4.78, 5) is 16.6. The second kappa shape index (κ2) is 8.39. The highest BCUT2D eigenvalue weighted by Gasteiger charge is 2.07. The highest BCUT2D eigenvalue weighted by molar-refractivity contribution is 5.80. The fraction of sp³-hybridized carbons (Fsp3) is 0.130. The van der Waals surface area contributed by atoms with Crippen LogP contribution < -0.4 is 10.1 Å². The largest absolute Gasteiger partial charge is 0.489 e. The number of rotatable bonds is 7. The summed E-state index contributed by atoms with van der Waals surface area (Å²) in [7, 11) is 0. The molecular weight excluding hydrogens is 350 g/mol. The van der Waals surface area contributed by atoms with Crippen molar-refractivity contribution in [2.45, 2.75) is 19.7 Å². The van der Waals surface area contributed by atoms with Crippen LogP contribution in [0.3, 0.4) is 0 Å². The van der Waals surface area contributed by atoms with Gasteiger partial charge in [-0.15, -0.1) is 0 Å². The average molecular weight is 371 g/mol. The normalized spacial score (nSPS) is 10.7. The molecule has 1 amide bonds. The zero-order chi connectivity index (χ0) is 19.2. The SMILES string of the molecule is O=C(Cn1cnc2ccccc21)NCc1ccc(OCc2ccccc2)cc1. The van der Waals surface area contributed by atoms with Crippen molar-refractivity contribution in [1.29, 1.82) is 0 Å². The van der Waals surface area contributed by atoms with Gasteiger partial charge in [-0.1, -0.05) is 54.6 Å². The van der Waals surface area contributed by atoms with Crippen molar-refractivity contribution in [2.75, 3.05) is 0 Å². The summed E-state index contributed by atoms with van der Waals surface area (Å²) in [5.41, 5.74) is 4.00. The maximum Gasteiger partial charge on any atom is 0.240 e. The Morgan fingerprint density at radius 2 is 1.64 bits per heavy atom. The Hall–Kier alpha value is -3.60. The van der Waals surface area contributed by atoms with E-state index < -0.39 is 0 Å². The highest BCUT2D eigenvalue weighted by atomic mass is 16.5. The molecule has 1 N–H and O–H groups in total. The molecule has 0 atom stereocenters. The number of nitrogens with zero attached hydrogens (tertiary/aromatic N) is 2. The molecule has 3 aromatic carbocycles. The fourth-order valence-electron chi connectivity index (χ4n) is 2.99. The van der Waals surface area contributed by atoms with Crippen molar-refractivity contribution in [2.24, 2.45) is 0 Å². The number of imidazole rings is 1. The van der Waals surface area contributed by atoms with Crippen molar-refractivity contribution >= 4 is 16.9 Å². The van der Waals surface area contributed by atoms with Crippen LogP contribution in [0.2, 0.25) is 0 Å². The van der Waals surface area contributed by atoms with Crippen LogP contribution in [0.5, 0.6) is 5.75 Å². The van der Waals surface area contributed by atoms with Crippen LogP contribution in [-0.4, -0.2) is 15.5 Å². The molecule has 28 heavy (non-hydrogen) atoms. The number of para-hydroxylation sites is 2. The minimum absolute atomic E-state index is 0.0486. The lowest BCUT2D eigenvalue weighted by Gasteiger charge is -2.09. The van der Waals surface area contributed by atoms with E-state index in [0.29, 0.717) is 13.2 Å². The van der Waals surface area contributed by atoms with Gasteiger partial charge in [0.2, 0.25) is 5.91 Å². The summed E-state index contributed by atoms with van der Waals surface area (Å²) in [6, 6.07) is 25.6. The molecule has 1 heterocycles. The number of hydrogen-bond donors (Lipinski definition) is 1. The van der Waals surface area contributed by atoms with Gasteiger partial charge in [-0.2, -0.15) is 0 Å². The molecule has 0 radical (unpaired) electrons. The predicted molar refractivity (Wildman–Crippen MR) is 109 cm³/mol. The monoisotopic (exact) mass is 371 g/mol. The van der Waals surface area contributed by atoms with Crippen molar-refractivity contribution in [3.63, 3.8) is 0 Å². The average Bonchev–Trinajstić information content (AvgIpc) is 3.15. The van der Waals surface area contributed by atoms with E-state index in [2.05, 4.69) is 10.3 Å². The van der Waals surface area contributed by atoms with Crippen LogP contribution in [0.25, 0.3) is 11.0 Å². The van der Waals surface area contributed by atoms with Gasteiger partial charge in [0.15, 0.2) is 0 Å². The fourth-order valence-corrected chi connectivity index (χ4v) is 2.99. The van der Waals surface area contributed by atoms with Crippen molar-refractivity contribution < 1.29 is 9.53 Å². The molecule has 0 spiro atoms. The smallest absolute Gasteiger partial charge is 0.240 e. The van der Waals surface area contributed by atoms with Crippen LogP contribution in [-0.2, 0) is 24.5 Å². The topological polar surface area (TPSA) is 56.2 Å². The number of fused-ring (bicyclic) bond motifs is 1. The van der Waals surface area contributed by atoms with Gasteiger partial charge in [0.25, 0.3) is 0 Å². The molecule has 5 nitrogen and oxygen atoms in total. The van der Waals surface area contributed by atoms with E-state index in [1.807, 2.05) is 83.4 Å². The predicted octanol–water partition coefficient (Wildman–Crippen LogP) is 3.93. The Morgan fingerprint density at radius 1 is 0.893 bits per heavy atom. The summed E-state index contributed by atoms with van der Waals surface area (Å²) in [5, 5.41) is 2.95.